The van der Waals surface area contributed by atoms with Crippen LogP contribution in [0, 0.1) is 6.92 Å². The molecule has 0 aliphatic carbocycles. The summed E-state index contributed by atoms with van der Waals surface area (Å²) in [6.45, 7) is 4.44. The molecule has 152 valence electrons. The van der Waals surface area contributed by atoms with E-state index in [9.17, 15) is 0 Å². The van der Waals surface area contributed by atoms with Crippen LogP contribution in [0.4, 0.5) is 0 Å². The molecule has 0 aliphatic rings. The molecule has 0 radical (unpaired) electrons. The lowest BCUT2D eigenvalue weighted by Crippen LogP contribution is -2.01. The third-order valence-electron chi connectivity index (χ3n) is 5.96. The topological polar surface area (TPSA) is 12.9 Å². The van der Waals surface area contributed by atoms with Crippen LogP contribution in [-0.4, -0.2) is 4.98 Å². The molecule has 1 atom stereocenters. The second kappa shape index (κ2) is 9.71. The van der Waals surface area contributed by atoms with Crippen LogP contribution in [0.15, 0.2) is 84.9 Å². The van der Waals surface area contributed by atoms with E-state index in [4.69, 9.17) is 4.98 Å². The van der Waals surface area contributed by atoms with E-state index in [0.29, 0.717) is 5.92 Å². The van der Waals surface area contributed by atoms with Gasteiger partial charge in [-0.05, 0) is 79.3 Å². The van der Waals surface area contributed by atoms with Crippen molar-refractivity contribution in [2.45, 2.75) is 51.9 Å². The van der Waals surface area contributed by atoms with Crippen LogP contribution in [0.5, 0.6) is 0 Å². The van der Waals surface area contributed by atoms with Crippen LogP contribution in [0.2, 0.25) is 0 Å². The number of hydrogen-bond donors (Lipinski definition) is 0. The maximum Gasteiger partial charge on any atom is 0.0707 e. The molecule has 0 aliphatic heterocycles. The highest BCUT2D eigenvalue weighted by Crippen LogP contribution is 2.23. The average Bonchev–Trinajstić information content (AvgIpc) is 2.77. The third-order valence-corrected chi connectivity index (χ3v) is 5.96. The minimum absolute atomic E-state index is 0.462. The van der Waals surface area contributed by atoms with Gasteiger partial charge in [-0.25, -0.2) is 0 Å². The minimum Gasteiger partial charge on any atom is -0.253 e. The van der Waals surface area contributed by atoms with E-state index < -0.39 is 0 Å². The molecule has 1 aromatic heterocycles. The molecule has 1 heterocycles. The standard InChI is InChI=1S/C29H31N/c1-22-15-16-26-17-18-28(30-29(26)19-22)20-23(2)27-14-8-13-25(21-27)12-7-6-11-24-9-4-3-5-10-24/h3-5,8-10,13-19,21,23H,6-7,11-12,20H2,1-2H3. The zero-order chi connectivity index (χ0) is 20.8. The summed E-state index contributed by atoms with van der Waals surface area (Å²) in [6, 6.07) is 30.8. The molecule has 0 saturated heterocycles. The quantitative estimate of drug-likeness (QED) is 0.283. The van der Waals surface area contributed by atoms with E-state index in [-0.39, 0.29) is 0 Å². The third kappa shape index (κ3) is 5.36. The summed E-state index contributed by atoms with van der Waals surface area (Å²) in [7, 11) is 0. The molecule has 0 saturated carbocycles. The van der Waals surface area contributed by atoms with Crippen molar-refractivity contribution in [1.29, 1.82) is 0 Å². The van der Waals surface area contributed by atoms with Gasteiger partial charge in [0, 0.05) is 11.1 Å². The van der Waals surface area contributed by atoms with Gasteiger partial charge in [0.15, 0.2) is 0 Å². The van der Waals surface area contributed by atoms with Gasteiger partial charge in [0.1, 0.15) is 0 Å². The fourth-order valence-corrected chi connectivity index (χ4v) is 4.17. The Hall–Kier alpha value is -2.93. The molecular weight excluding hydrogens is 362 g/mol. The first kappa shape index (κ1) is 20.3. The SMILES string of the molecule is Cc1ccc2ccc(CC(C)c3cccc(CCCCc4ccccc4)c3)nc2c1. The maximum atomic E-state index is 4.91. The van der Waals surface area contributed by atoms with Crippen molar-refractivity contribution >= 4 is 10.9 Å². The number of aromatic nitrogens is 1. The van der Waals surface area contributed by atoms with Crippen molar-refractivity contribution in [2.24, 2.45) is 0 Å². The van der Waals surface area contributed by atoms with Gasteiger partial charge in [-0.3, -0.25) is 4.98 Å². The van der Waals surface area contributed by atoms with Gasteiger partial charge >= 0.3 is 0 Å². The van der Waals surface area contributed by atoms with Crippen LogP contribution < -0.4 is 0 Å². The van der Waals surface area contributed by atoms with Crippen molar-refractivity contribution in [2.75, 3.05) is 0 Å². The van der Waals surface area contributed by atoms with Gasteiger partial charge in [0.25, 0.3) is 0 Å². The predicted molar refractivity (Wildman–Crippen MR) is 128 cm³/mol. The van der Waals surface area contributed by atoms with Crippen molar-refractivity contribution in [3.8, 4) is 0 Å². The normalized spacial score (nSPS) is 12.2. The van der Waals surface area contributed by atoms with Crippen molar-refractivity contribution in [3.05, 3.63) is 113 Å². The van der Waals surface area contributed by atoms with Crippen molar-refractivity contribution < 1.29 is 0 Å². The Morgan fingerprint density at radius 2 is 1.47 bits per heavy atom. The molecule has 4 rings (SSSR count). The second-order valence-electron chi connectivity index (χ2n) is 8.54. The first-order chi connectivity index (χ1) is 14.7. The minimum atomic E-state index is 0.462. The van der Waals surface area contributed by atoms with Gasteiger partial charge in [-0.1, -0.05) is 79.7 Å². The molecule has 0 N–H and O–H groups in total. The smallest absolute Gasteiger partial charge is 0.0707 e. The van der Waals surface area contributed by atoms with E-state index in [1.54, 1.807) is 0 Å². The maximum absolute atomic E-state index is 4.91. The number of aryl methyl sites for hydroxylation is 3. The van der Waals surface area contributed by atoms with Crippen molar-refractivity contribution in [3.63, 3.8) is 0 Å². The lowest BCUT2D eigenvalue weighted by Gasteiger charge is -2.14. The second-order valence-corrected chi connectivity index (χ2v) is 8.54. The number of nitrogens with zero attached hydrogens (tertiary/aromatic N) is 1. The molecule has 1 nitrogen and oxygen atoms in total. The molecule has 0 bridgehead atoms. The van der Waals surface area contributed by atoms with Crippen LogP contribution in [-0.2, 0) is 19.3 Å². The van der Waals surface area contributed by atoms with Crippen LogP contribution in [0.25, 0.3) is 10.9 Å². The molecular formula is C29H31N. The number of unbranched alkanes of at least 4 members (excludes halogenated alkanes) is 1. The Bertz CT molecular complexity index is 1100. The molecule has 0 amide bonds. The molecule has 1 heteroatoms. The van der Waals surface area contributed by atoms with E-state index in [1.165, 1.54) is 52.6 Å². The Balaban J connectivity index is 1.35. The first-order valence-corrected chi connectivity index (χ1v) is 11.2. The first-order valence-electron chi connectivity index (χ1n) is 11.2. The molecule has 0 fully saturated rings. The molecule has 1 unspecified atom stereocenters. The molecule has 4 aromatic rings. The van der Waals surface area contributed by atoms with E-state index >= 15 is 0 Å². The van der Waals surface area contributed by atoms with E-state index in [1.807, 2.05) is 0 Å². The fourth-order valence-electron chi connectivity index (χ4n) is 4.17. The average molecular weight is 394 g/mol. The van der Waals surface area contributed by atoms with Crippen molar-refractivity contribution in [1.82, 2.24) is 4.98 Å². The summed E-state index contributed by atoms with van der Waals surface area (Å²) >= 11 is 0. The van der Waals surface area contributed by atoms with E-state index in [0.717, 1.165) is 18.4 Å². The summed E-state index contributed by atoms with van der Waals surface area (Å²) in [5, 5.41) is 1.22. The van der Waals surface area contributed by atoms with Crippen LogP contribution in [0.1, 0.15) is 53.6 Å². The molecule has 0 spiro atoms. The predicted octanol–water partition coefficient (Wildman–Crippen LogP) is 7.45. The summed E-state index contributed by atoms with van der Waals surface area (Å²) in [5.41, 5.74) is 7.86. The fraction of sp³-hybridized carbons (Fsp3) is 0.276. The highest BCUT2D eigenvalue weighted by Gasteiger charge is 2.09. The lowest BCUT2D eigenvalue weighted by atomic mass is 9.93. The molecule has 3 aromatic carbocycles. The molecule has 30 heavy (non-hydrogen) atoms. The highest BCUT2D eigenvalue weighted by molar-refractivity contribution is 5.79. The number of fused-ring (bicyclic) bond motifs is 1. The number of rotatable bonds is 8. The van der Waals surface area contributed by atoms with E-state index in [2.05, 4.69) is 98.8 Å². The Morgan fingerprint density at radius 1 is 0.733 bits per heavy atom. The van der Waals surface area contributed by atoms with Gasteiger partial charge in [-0.15, -0.1) is 0 Å². The largest absolute Gasteiger partial charge is 0.253 e. The number of benzene rings is 3. The van der Waals surface area contributed by atoms with Crippen LogP contribution >= 0.6 is 0 Å². The summed E-state index contributed by atoms with van der Waals surface area (Å²) in [5.74, 6) is 0.462. The zero-order valence-electron chi connectivity index (χ0n) is 18.1. The van der Waals surface area contributed by atoms with Gasteiger partial charge in [-0.2, -0.15) is 0 Å². The Morgan fingerprint density at radius 3 is 2.30 bits per heavy atom. The monoisotopic (exact) mass is 393 g/mol. The summed E-state index contributed by atoms with van der Waals surface area (Å²) < 4.78 is 0. The van der Waals surface area contributed by atoms with Gasteiger partial charge in [0.05, 0.1) is 5.52 Å². The summed E-state index contributed by atoms with van der Waals surface area (Å²) in [6.07, 6.45) is 5.77. The summed E-state index contributed by atoms with van der Waals surface area (Å²) in [4.78, 5) is 4.91. The van der Waals surface area contributed by atoms with Crippen LogP contribution in [0.3, 0.4) is 0 Å². The lowest BCUT2D eigenvalue weighted by molar-refractivity contribution is 0.723. The zero-order valence-corrected chi connectivity index (χ0v) is 18.1. The van der Waals surface area contributed by atoms with Gasteiger partial charge in [0.2, 0.25) is 0 Å². The number of hydrogen-bond acceptors (Lipinski definition) is 1. The van der Waals surface area contributed by atoms with Gasteiger partial charge < -0.3 is 0 Å². The number of pyridine rings is 1. The Kier molecular flexibility index (Phi) is 6.59. The highest BCUT2D eigenvalue weighted by atomic mass is 14.7. The Labute approximate surface area is 180 Å².